The van der Waals surface area contributed by atoms with Crippen molar-refractivity contribution in [3.05, 3.63) is 53.3 Å². The Kier molecular flexibility index (Phi) is 8.27. The Bertz CT molecular complexity index is 953. The van der Waals surface area contributed by atoms with Gasteiger partial charge < -0.3 is 10.2 Å². The first-order valence-electron chi connectivity index (χ1n) is 11.1. The molecule has 1 atom stereocenters. The number of hydrogen-bond donors (Lipinski definition) is 1. The van der Waals surface area contributed by atoms with Crippen LogP contribution in [0, 0.1) is 0 Å². The number of aryl methyl sites for hydroxylation is 1. The summed E-state index contributed by atoms with van der Waals surface area (Å²) in [7, 11) is 1.95. The Morgan fingerprint density at radius 2 is 1.91 bits per heavy atom. The minimum atomic E-state index is -0.184. The highest BCUT2D eigenvalue weighted by Crippen LogP contribution is 2.27. The van der Waals surface area contributed by atoms with Gasteiger partial charge in [0.2, 0.25) is 0 Å². The van der Waals surface area contributed by atoms with E-state index in [1.807, 2.05) is 17.9 Å². The summed E-state index contributed by atoms with van der Waals surface area (Å²) < 4.78 is 1.85. The molecule has 9 heteroatoms. The van der Waals surface area contributed by atoms with Crippen LogP contribution in [0.3, 0.4) is 0 Å². The number of carbonyl (C=O) groups excluding carboxylic acids is 2. The molecule has 1 unspecified atom stereocenters. The van der Waals surface area contributed by atoms with Crippen LogP contribution >= 0.6 is 24.0 Å². The van der Waals surface area contributed by atoms with Gasteiger partial charge in [-0.3, -0.25) is 24.2 Å². The predicted octanol–water partition coefficient (Wildman–Crippen LogP) is 2.87. The molecule has 2 amide bonds. The number of benzene rings is 1. The molecule has 0 saturated carbocycles. The van der Waals surface area contributed by atoms with Gasteiger partial charge in [0.1, 0.15) is 0 Å². The molecule has 1 N–H and O–H groups in total. The largest absolute Gasteiger partial charge is 0.357 e. The van der Waals surface area contributed by atoms with E-state index in [2.05, 4.69) is 28.4 Å². The molecular formula is C23H31IN6O2. The molecule has 2 aliphatic rings. The number of nitrogens with zero attached hydrogens (tertiary/aromatic N) is 5. The standard InChI is InChI=1S/C23H30N6O2.HI/c1-3-24-23(28-13-10-17(16-28)18-14-26-27(2)15-18)25-11-6-7-12-29-21(30)19-8-4-5-9-20(19)22(29)31;/h4-5,8-9,14-15,17H,3,6-7,10-13,16H2,1-2H3,(H,24,25);1H. The molecule has 3 heterocycles. The van der Waals surface area contributed by atoms with E-state index in [0.717, 1.165) is 44.9 Å². The topological polar surface area (TPSA) is 82.8 Å². The van der Waals surface area contributed by atoms with Gasteiger partial charge in [0.15, 0.2) is 5.96 Å². The number of fused-ring (bicyclic) bond motifs is 1. The molecule has 0 bridgehead atoms. The zero-order valence-electron chi connectivity index (χ0n) is 18.7. The van der Waals surface area contributed by atoms with Crippen molar-refractivity contribution in [1.82, 2.24) is 24.9 Å². The summed E-state index contributed by atoms with van der Waals surface area (Å²) in [5, 5.41) is 7.69. The van der Waals surface area contributed by atoms with Gasteiger partial charge in [-0.15, -0.1) is 24.0 Å². The number of unbranched alkanes of at least 4 members (excludes halogenated alkanes) is 1. The van der Waals surface area contributed by atoms with Crippen molar-refractivity contribution in [2.45, 2.75) is 32.1 Å². The lowest BCUT2D eigenvalue weighted by Gasteiger charge is -2.21. The van der Waals surface area contributed by atoms with Crippen molar-refractivity contribution >= 4 is 41.8 Å². The molecule has 1 aromatic carbocycles. The predicted molar refractivity (Wildman–Crippen MR) is 135 cm³/mol. The zero-order valence-corrected chi connectivity index (χ0v) is 21.0. The van der Waals surface area contributed by atoms with Gasteiger partial charge >= 0.3 is 0 Å². The van der Waals surface area contributed by atoms with Gasteiger partial charge in [0, 0.05) is 51.9 Å². The molecular weight excluding hydrogens is 519 g/mol. The summed E-state index contributed by atoms with van der Waals surface area (Å²) in [6.07, 6.45) is 6.71. The molecule has 1 aromatic heterocycles. The molecule has 0 spiro atoms. The number of guanidine groups is 1. The maximum absolute atomic E-state index is 12.4. The molecule has 1 saturated heterocycles. The average molecular weight is 550 g/mol. The number of imide groups is 1. The van der Waals surface area contributed by atoms with E-state index in [0.29, 0.717) is 30.1 Å². The van der Waals surface area contributed by atoms with Crippen LogP contribution < -0.4 is 5.32 Å². The molecule has 0 aliphatic carbocycles. The van der Waals surface area contributed by atoms with E-state index in [4.69, 9.17) is 4.99 Å². The number of likely N-dealkylation sites (tertiary alicyclic amines) is 1. The van der Waals surface area contributed by atoms with E-state index in [1.165, 1.54) is 10.5 Å². The normalized spacial score (nSPS) is 18.2. The van der Waals surface area contributed by atoms with Crippen LogP contribution in [0.25, 0.3) is 0 Å². The van der Waals surface area contributed by atoms with Crippen molar-refractivity contribution in [2.24, 2.45) is 12.0 Å². The molecule has 4 rings (SSSR count). The first-order chi connectivity index (χ1) is 15.1. The van der Waals surface area contributed by atoms with E-state index in [1.54, 1.807) is 24.3 Å². The number of aliphatic imine (C=N–C) groups is 1. The fourth-order valence-electron chi connectivity index (χ4n) is 4.31. The first kappa shape index (κ1) is 24.2. The minimum absolute atomic E-state index is 0. The van der Waals surface area contributed by atoms with Crippen molar-refractivity contribution in [3.8, 4) is 0 Å². The van der Waals surface area contributed by atoms with Crippen molar-refractivity contribution in [1.29, 1.82) is 0 Å². The van der Waals surface area contributed by atoms with Gasteiger partial charge in [-0.1, -0.05) is 12.1 Å². The van der Waals surface area contributed by atoms with Crippen molar-refractivity contribution in [2.75, 3.05) is 32.7 Å². The van der Waals surface area contributed by atoms with Crippen molar-refractivity contribution in [3.63, 3.8) is 0 Å². The minimum Gasteiger partial charge on any atom is -0.357 e. The highest BCUT2D eigenvalue weighted by atomic mass is 127. The Labute approximate surface area is 206 Å². The van der Waals surface area contributed by atoms with E-state index >= 15 is 0 Å². The summed E-state index contributed by atoms with van der Waals surface area (Å²) in [6, 6.07) is 7.03. The molecule has 0 radical (unpaired) electrons. The first-order valence-corrected chi connectivity index (χ1v) is 11.1. The zero-order chi connectivity index (χ0) is 21.8. The summed E-state index contributed by atoms with van der Waals surface area (Å²) in [6.45, 7) is 5.91. The van der Waals surface area contributed by atoms with Crippen LogP contribution in [0.1, 0.15) is 58.4 Å². The van der Waals surface area contributed by atoms with Gasteiger partial charge in [0.05, 0.1) is 17.3 Å². The van der Waals surface area contributed by atoms with E-state index < -0.39 is 0 Å². The summed E-state index contributed by atoms with van der Waals surface area (Å²) in [5.74, 6) is 1.05. The molecule has 2 aromatic rings. The fourth-order valence-corrected chi connectivity index (χ4v) is 4.31. The maximum Gasteiger partial charge on any atom is 0.261 e. The van der Waals surface area contributed by atoms with E-state index in [-0.39, 0.29) is 35.8 Å². The summed E-state index contributed by atoms with van der Waals surface area (Å²) in [5.41, 5.74) is 2.30. The molecule has 2 aliphatic heterocycles. The van der Waals surface area contributed by atoms with Crippen LogP contribution in [0.15, 0.2) is 41.7 Å². The fraction of sp³-hybridized carbons (Fsp3) is 0.478. The second-order valence-corrected chi connectivity index (χ2v) is 8.13. The Morgan fingerprint density at radius 1 is 1.19 bits per heavy atom. The highest BCUT2D eigenvalue weighted by Gasteiger charge is 2.34. The van der Waals surface area contributed by atoms with Crippen LogP contribution in [0.2, 0.25) is 0 Å². The molecule has 172 valence electrons. The smallest absolute Gasteiger partial charge is 0.261 e. The lowest BCUT2D eigenvalue weighted by molar-refractivity contribution is 0.0652. The maximum atomic E-state index is 12.4. The lowest BCUT2D eigenvalue weighted by Crippen LogP contribution is -2.40. The third kappa shape index (κ3) is 5.13. The third-order valence-electron chi connectivity index (χ3n) is 5.95. The van der Waals surface area contributed by atoms with Crippen LogP contribution in [0.5, 0.6) is 0 Å². The third-order valence-corrected chi connectivity index (χ3v) is 5.95. The highest BCUT2D eigenvalue weighted by molar-refractivity contribution is 14.0. The van der Waals surface area contributed by atoms with Crippen LogP contribution in [-0.4, -0.2) is 70.1 Å². The second-order valence-electron chi connectivity index (χ2n) is 8.13. The SMILES string of the molecule is CCNC(=NCCCCN1C(=O)c2ccccc2C1=O)N1CCC(c2cnn(C)c2)C1.I. The number of amides is 2. The van der Waals surface area contributed by atoms with Gasteiger partial charge in [0.25, 0.3) is 11.8 Å². The second kappa shape index (κ2) is 10.9. The lowest BCUT2D eigenvalue weighted by atomic mass is 10.0. The van der Waals surface area contributed by atoms with Crippen LogP contribution in [-0.2, 0) is 7.05 Å². The Morgan fingerprint density at radius 3 is 2.53 bits per heavy atom. The average Bonchev–Trinajstić information content (AvgIpc) is 3.48. The quantitative estimate of drug-likeness (QED) is 0.189. The number of carbonyl (C=O) groups is 2. The molecule has 32 heavy (non-hydrogen) atoms. The summed E-state index contributed by atoms with van der Waals surface area (Å²) >= 11 is 0. The van der Waals surface area contributed by atoms with Gasteiger partial charge in [-0.2, -0.15) is 5.10 Å². The van der Waals surface area contributed by atoms with Crippen LogP contribution in [0.4, 0.5) is 0 Å². The Hall–Kier alpha value is -2.43. The number of hydrogen-bond acceptors (Lipinski definition) is 4. The molecule has 8 nitrogen and oxygen atoms in total. The number of rotatable bonds is 7. The number of aromatic nitrogens is 2. The summed E-state index contributed by atoms with van der Waals surface area (Å²) in [4.78, 5) is 33.3. The number of halogens is 1. The van der Waals surface area contributed by atoms with Gasteiger partial charge in [-0.05, 0) is 43.9 Å². The number of nitrogens with one attached hydrogen (secondary N) is 1. The van der Waals surface area contributed by atoms with Crippen molar-refractivity contribution < 1.29 is 9.59 Å². The monoisotopic (exact) mass is 550 g/mol. The van der Waals surface area contributed by atoms with Gasteiger partial charge in [-0.25, -0.2) is 0 Å². The molecule has 1 fully saturated rings. The Balaban J connectivity index is 0.00000289. The van der Waals surface area contributed by atoms with E-state index in [9.17, 15) is 9.59 Å².